The van der Waals surface area contributed by atoms with Crippen molar-refractivity contribution in [2.75, 3.05) is 0 Å². The second kappa shape index (κ2) is 5.96. The van der Waals surface area contributed by atoms with Crippen LogP contribution in [0, 0.1) is 9.49 Å². The molecule has 6 heteroatoms. The summed E-state index contributed by atoms with van der Waals surface area (Å²) in [7, 11) is 0. The lowest BCUT2D eigenvalue weighted by Crippen LogP contribution is -2.41. The Hall–Kier alpha value is -0.470. The summed E-state index contributed by atoms with van der Waals surface area (Å²) in [5.74, 6) is 1.90. The predicted octanol–water partition coefficient (Wildman–Crippen LogP) is 4.47. The number of rotatable bonds is 2. The third-order valence-corrected chi connectivity index (χ3v) is 5.56. The molecule has 0 unspecified atom stereocenters. The van der Waals surface area contributed by atoms with Crippen LogP contribution in [0.4, 0.5) is 0 Å². The molecule has 0 radical (unpaired) electrons. The van der Waals surface area contributed by atoms with Crippen LogP contribution in [0.3, 0.4) is 0 Å². The van der Waals surface area contributed by atoms with Gasteiger partial charge in [0.25, 0.3) is 5.89 Å². The first-order chi connectivity index (χ1) is 9.98. The van der Waals surface area contributed by atoms with Crippen LogP contribution < -0.4 is 5.73 Å². The monoisotopic (exact) mass is 461 g/mol. The molecule has 112 valence electrons. The van der Waals surface area contributed by atoms with Gasteiger partial charge >= 0.3 is 0 Å². The van der Waals surface area contributed by atoms with Crippen LogP contribution in [-0.4, -0.2) is 10.1 Å². The van der Waals surface area contributed by atoms with Crippen molar-refractivity contribution in [3.63, 3.8) is 0 Å². The van der Waals surface area contributed by atoms with Gasteiger partial charge in [0.1, 0.15) is 0 Å². The summed E-state index contributed by atoms with van der Waals surface area (Å²) < 4.78 is 7.53. The van der Waals surface area contributed by atoms with Crippen LogP contribution in [0.5, 0.6) is 0 Å². The summed E-state index contributed by atoms with van der Waals surface area (Å²) in [6, 6.07) is 6.04. The SMILES string of the molecule is CC1CCC(N)(c2noc(-c3cc(I)ccc3Br)n2)CC1. The van der Waals surface area contributed by atoms with Crippen molar-refractivity contribution in [2.45, 2.75) is 38.1 Å². The van der Waals surface area contributed by atoms with E-state index in [1.807, 2.05) is 18.2 Å². The first-order valence-electron chi connectivity index (χ1n) is 7.06. The van der Waals surface area contributed by atoms with E-state index < -0.39 is 5.54 Å². The number of hydrogen-bond donors (Lipinski definition) is 1. The maximum Gasteiger partial charge on any atom is 0.259 e. The molecule has 4 nitrogen and oxygen atoms in total. The van der Waals surface area contributed by atoms with Gasteiger partial charge in [0.2, 0.25) is 0 Å². The maximum atomic E-state index is 6.50. The lowest BCUT2D eigenvalue weighted by Gasteiger charge is -2.33. The smallest absolute Gasteiger partial charge is 0.259 e. The van der Waals surface area contributed by atoms with Crippen LogP contribution in [-0.2, 0) is 5.54 Å². The highest BCUT2D eigenvalue weighted by atomic mass is 127. The molecule has 1 fully saturated rings. The van der Waals surface area contributed by atoms with Crippen molar-refractivity contribution in [1.82, 2.24) is 10.1 Å². The minimum atomic E-state index is -0.442. The molecule has 0 bridgehead atoms. The van der Waals surface area contributed by atoms with Crippen molar-refractivity contribution < 1.29 is 4.52 Å². The fourth-order valence-corrected chi connectivity index (χ4v) is 3.60. The van der Waals surface area contributed by atoms with E-state index >= 15 is 0 Å². The lowest BCUT2D eigenvalue weighted by atomic mass is 9.77. The van der Waals surface area contributed by atoms with Gasteiger partial charge in [0, 0.05) is 8.04 Å². The zero-order valence-corrected chi connectivity index (χ0v) is 15.5. The molecule has 0 saturated heterocycles. The Kier molecular flexibility index (Phi) is 4.38. The second-order valence-corrected chi connectivity index (χ2v) is 7.99. The van der Waals surface area contributed by atoms with E-state index in [0.29, 0.717) is 11.7 Å². The summed E-state index contributed by atoms with van der Waals surface area (Å²) in [4.78, 5) is 4.57. The van der Waals surface area contributed by atoms with Gasteiger partial charge in [-0.15, -0.1) is 0 Å². The van der Waals surface area contributed by atoms with Crippen molar-refractivity contribution in [1.29, 1.82) is 0 Å². The van der Waals surface area contributed by atoms with Crippen LogP contribution >= 0.6 is 38.5 Å². The third-order valence-electron chi connectivity index (χ3n) is 4.20. The Labute approximate surface area is 146 Å². The second-order valence-electron chi connectivity index (χ2n) is 5.89. The Morgan fingerprint density at radius 3 is 2.81 bits per heavy atom. The molecule has 1 aromatic carbocycles. The Bertz CT molecular complexity index is 650. The molecular weight excluding hydrogens is 445 g/mol. The van der Waals surface area contributed by atoms with Crippen LogP contribution in [0.15, 0.2) is 27.2 Å². The molecule has 3 rings (SSSR count). The Morgan fingerprint density at radius 1 is 1.38 bits per heavy atom. The normalized spacial score (nSPS) is 26.0. The quantitative estimate of drug-likeness (QED) is 0.670. The van der Waals surface area contributed by atoms with Gasteiger partial charge in [0.05, 0.1) is 11.1 Å². The largest absolute Gasteiger partial charge is 0.334 e. The summed E-state index contributed by atoms with van der Waals surface area (Å²) in [5, 5.41) is 4.15. The van der Waals surface area contributed by atoms with Gasteiger partial charge in [0.15, 0.2) is 5.82 Å². The first-order valence-corrected chi connectivity index (χ1v) is 8.93. The standard InChI is InChI=1S/C15H17BrIN3O/c1-9-4-6-15(18,7-5-9)14-19-13(21-20-14)11-8-10(17)2-3-12(11)16/h2-3,8-9H,4-7,18H2,1H3. The lowest BCUT2D eigenvalue weighted by molar-refractivity contribution is 0.230. The van der Waals surface area contributed by atoms with E-state index in [1.165, 1.54) is 0 Å². The van der Waals surface area contributed by atoms with Crippen molar-refractivity contribution in [2.24, 2.45) is 11.7 Å². The molecular formula is C15H17BrIN3O. The van der Waals surface area contributed by atoms with E-state index in [-0.39, 0.29) is 0 Å². The summed E-state index contributed by atoms with van der Waals surface area (Å²) in [6.45, 7) is 2.27. The fourth-order valence-electron chi connectivity index (χ4n) is 2.70. The van der Waals surface area contributed by atoms with Crippen molar-refractivity contribution >= 4 is 38.5 Å². The molecule has 0 atom stereocenters. The van der Waals surface area contributed by atoms with Gasteiger partial charge in [-0.3, -0.25) is 0 Å². The van der Waals surface area contributed by atoms with E-state index in [1.54, 1.807) is 0 Å². The number of benzene rings is 1. The van der Waals surface area contributed by atoms with E-state index in [4.69, 9.17) is 10.3 Å². The number of halogens is 2. The van der Waals surface area contributed by atoms with Gasteiger partial charge in [-0.25, -0.2) is 0 Å². The Balaban J connectivity index is 1.91. The highest BCUT2D eigenvalue weighted by Crippen LogP contribution is 2.37. The predicted molar refractivity (Wildman–Crippen MR) is 93.6 cm³/mol. The number of nitrogens with zero attached hydrogens (tertiary/aromatic N) is 2. The van der Waals surface area contributed by atoms with Crippen LogP contribution in [0.1, 0.15) is 38.4 Å². The molecule has 1 aliphatic rings. The van der Waals surface area contributed by atoms with Crippen LogP contribution in [0.2, 0.25) is 0 Å². The maximum absolute atomic E-state index is 6.50. The number of aromatic nitrogens is 2. The number of hydrogen-bond acceptors (Lipinski definition) is 4. The van der Waals surface area contributed by atoms with Gasteiger partial charge in [-0.05, 0) is 88.3 Å². The van der Waals surface area contributed by atoms with E-state index in [0.717, 1.165) is 45.2 Å². The highest BCUT2D eigenvalue weighted by Gasteiger charge is 2.36. The molecule has 0 spiro atoms. The van der Waals surface area contributed by atoms with Crippen molar-refractivity contribution in [3.8, 4) is 11.5 Å². The van der Waals surface area contributed by atoms with Gasteiger partial charge in [-0.1, -0.05) is 12.1 Å². The summed E-state index contributed by atoms with van der Waals surface area (Å²) in [6.07, 6.45) is 4.07. The molecule has 2 aromatic rings. The zero-order chi connectivity index (χ0) is 15.0. The fraction of sp³-hybridized carbons (Fsp3) is 0.467. The molecule has 2 N–H and O–H groups in total. The van der Waals surface area contributed by atoms with E-state index in [2.05, 4.69) is 55.6 Å². The first kappa shape index (κ1) is 15.4. The minimum absolute atomic E-state index is 0.442. The zero-order valence-electron chi connectivity index (χ0n) is 11.8. The van der Waals surface area contributed by atoms with Crippen LogP contribution in [0.25, 0.3) is 11.5 Å². The average Bonchev–Trinajstić information content (AvgIpc) is 2.95. The molecule has 1 heterocycles. The number of nitrogens with two attached hydrogens (primary N) is 1. The average molecular weight is 462 g/mol. The Morgan fingerprint density at radius 2 is 2.10 bits per heavy atom. The molecule has 0 aliphatic heterocycles. The molecule has 1 saturated carbocycles. The van der Waals surface area contributed by atoms with Gasteiger partial charge < -0.3 is 10.3 Å². The highest BCUT2D eigenvalue weighted by molar-refractivity contribution is 14.1. The van der Waals surface area contributed by atoms with Crippen molar-refractivity contribution in [3.05, 3.63) is 32.1 Å². The summed E-state index contributed by atoms with van der Waals surface area (Å²) >= 11 is 5.80. The topological polar surface area (TPSA) is 64.9 Å². The molecule has 0 amide bonds. The molecule has 21 heavy (non-hydrogen) atoms. The van der Waals surface area contributed by atoms with E-state index in [9.17, 15) is 0 Å². The third kappa shape index (κ3) is 3.17. The molecule has 1 aliphatic carbocycles. The molecule has 1 aromatic heterocycles. The minimum Gasteiger partial charge on any atom is -0.334 e. The van der Waals surface area contributed by atoms with Gasteiger partial charge in [-0.2, -0.15) is 4.98 Å². The summed E-state index contributed by atoms with van der Waals surface area (Å²) in [5.41, 5.74) is 6.97.